The first-order chi connectivity index (χ1) is 5.83. The number of H-pyrrole nitrogens is 1. The fraction of sp³-hybridized carbons (Fsp3) is 0.556. The van der Waals surface area contributed by atoms with Crippen molar-refractivity contribution in [2.24, 2.45) is 0 Å². The molecule has 0 aliphatic heterocycles. The van der Waals surface area contributed by atoms with Gasteiger partial charge in [-0.1, -0.05) is 27.7 Å². The van der Waals surface area contributed by atoms with E-state index in [0.717, 1.165) is 5.69 Å². The van der Waals surface area contributed by atoms with Crippen molar-refractivity contribution in [3.05, 3.63) is 17.7 Å². The van der Waals surface area contributed by atoms with Crippen molar-refractivity contribution in [3.8, 4) is 6.07 Å². The second kappa shape index (κ2) is 9.70. The van der Waals surface area contributed by atoms with Gasteiger partial charge in [0.1, 0.15) is 6.07 Å². The van der Waals surface area contributed by atoms with Gasteiger partial charge in [-0.3, -0.25) is 0 Å². The van der Waals surface area contributed by atoms with E-state index in [-0.39, 0.29) is 0 Å². The van der Waals surface area contributed by atoms with Gasteiger partial charge in [0.2, 0.25) is 5.82 Å². The van der Waals surface area contributed by atoms with Crippen LogP contribution >= 0.6 is 0 Å². The number of rotatable bonds is 0. The standard InChI is InChI=1S/C5H5N3.2C2H6/c1-4-3-7-5(2-6)8-4;2*1-2/h3H,1H3,(H,7,8);2*1-2H3. The van der Waals surface area contributed by atoms with E-state index in [1.807, 2.05) is 40.7 Å². The van der Waals surface area contributed by atoms with Gasteiger partial charge >= 0.3 is 0 Å². The molecular weight excluding hydrogens is 150 g/mol. The molecule has 0 aromatic carbocycles. The number of hydrogen-bond donors (Lipinski definition) is 1. The van der Waals surface area contributed by atoms with E-state index >= 15 is 0 Å². The van der Waals surface area contributed by atoms with Gasteiger partial charge in [0.25, 0.3) is 0 Å². The highest BCUT2D eigenvalue weighted by atomic mass is 14.9. The summed E-state index contributed by atoms with van der Waals surface area (Å²) in [7, 11) is 0. The lowest BCUT2D eigenvalue weighted by molar-refractivity contribution is 1.20. The van der Waals surface area contributed by atoms with Crippen molar-refractivity contribution < 1.29 is 0 Å². The molecule has 0 fully saturated rings. The van der Waals surface area contributed by atoms with Gasteiger partial charge in [0.05, 0.1) is 0 Å². The van der Waals surface area contributed by atoms with Crippen LogP contribution in [0.25, 0.3) is 0 Å². The number of aromatic amines is 1. The highest BCUT2D eigenvalue weighted by Crippen LogP contribution is 1.90. The molecular formula is C9H17N3. The summed E-state index contributed by atoms with van der Waals surface area (Å²) in [5.41, 5.74) is 0.918. The van der Waals surface area contributed by atoms with Gasteiger partial charge in [0, 0.05) is 11.9 Å². The molecule has 1 rings (SSSR count). The molecule has 1 heterocycles. The Bertz CT molecular complexity index is 220. The topological polar surface area (TPSA) is 52.5 Å². The average molecular weight is 167 g/mol. The molecule has 0 bridgehead atoms. The Kier molecular flexibility index (Phi) is 10.8. The van der Waals surface area contributed by atoms with Gasteiger partial charge in [-0.2, -0.15) is 5.26 Å². The normalized spacial score (nSPS) is 6.67. The summed E-state index contributed by atoms with van der Waals surface area (Å²) in [4.78, 5) is 6.47. The van der Waals surface area contributed by atoms with Gasteiger partial charge in [-0.15, -0.1) is 0 Å². The first kappa shape index (κ1) is 13.3. The van der Waals surface area contributed by atoms with E-state index in [0.29, 0.717) is 5.82 Å². The summed E-state index contributed by atoms with van der Waals surface area (Å²) in [5.74, 6) is 0.377. The van der Waals surface area contributed by atoms with Gasteiger partial charge in [-0.25, -0.2) is 4.98 Å². The monoisotopic (exact) mass is 167 g/mol. The summed E-state index contributed by atoms with van der Waals surface area (Å²) < 4.78 is 0. The minimum atomic E-state index is 0.377. The summed E-state index contributed by atoms with van der Waals surface area (Å²) >= 11 is 0. The average Bonchev–Trinajstić information content (AvgIpc) is 2.58. The molecule has 1 aromatic rings. The molecule has 0 unspecified atom stereocenters. The Morgan fingerprint density at radius 3 is 2.00 bits per heavy atom. The molecule has 68 valence electrons. The maximum atomic E-state index is 8.21. The Morgan fingerprint density at radius 2 is 1.83 bits per heavy atom. The molecule has 3 heteroatoms. The Labute approximate surface area is 74.5 Å². The lowest BCUT2D eigenvalue weighted by Gasteiger charge is -1.72. The molecule has 1 aromatic heterocycles. The van der Waals surface area contributed by atoms with Crippen LogP contribution in [0.4, 0.5) is 0 Å². The third-order valence-corrected chi connectivity index (χ3v) is 0.809. The molecule has 0 amide bonds. The van der Waals surface area contributed by atoms with Crippen LogP contribution in [0.2, 0.25) is 0 Å². The van der Waals surface area contributed by atoms with Crippen molar-refractivity contribution >= 4 is 0 Å². The smallest absolute Gasteiger partial charge is 0.210 e. The van der Waals surface area contributed by atoms with Gasteiger partial charge in [0.15, 0.2) is 0 Å². The molecule has 0 radical (unpaired) electrons. The van der Waals surface area contributed by atoms with Crippen LogP contribution in [0.15, 0.2) is 6.20 Å². The first-order valence-electron chi connectivity index (χ1n) is 4.24. The van der Waals surface area contributed by atoms with E-state index in [9.17, 15) is 0 Å². The SMILES string of the molecule is CC.CC.Cc1cnc(C#N)[nH]1. The van der Waals surface area contributed by atoms with Crippen LogP contribution < -0.4 is 0 Å². The van der Waals surface area contributed by atoms with Crippen molar-refractivity contribution in [3.63, 3.8) is 0 Å². The molecule has 12 heavy (non-hydrogen) atoms. The number of aryl methyl sites for hydroxylation is 1. The van der Waals surface area contributed by atoms with Crippen LogP contribution in [0.3, 0.4) is 0 Å². The molecule has 1 N–H and O–H groups in total. The first-order valence-corrected chi connectivity index (χ1v) is 4.24. The molecule has 0 spiro atoms. The van der Waals surface area contributed by atoms with Gasteiger partial charge < -0.3 is 4.98 Å². The Hall–Kier alpha value is -1.30. The van der Waals surface area contributed by atoms with Crippen LogP contribution in [-0.2, 0) is 0 Å². The maximum absolute atomic E-state index is 8.21. The lowest BCUT2D eigenvalue weighted by atomic mass is 10.6. The second-order valence-corrected chi connectivity index (χ2v) is 1.53. The number of nitrogens with zero attached hydrogens (tertiary/aromatic N) is 2. The van der Waals surface area contributed by atoms with Gasteiger partial charge in [-0.05, 0) is 6.92 Å². The number of nitrogens with one attached hydrogen (secondary N) is 1. The zero-order chi connectivity index (χ0) is 9.98. The highest BCUT2D eigenvalue weighted by Gasteiger charge is 1.89. The van der Waals surface area contributed by atoms with Crippen molar-refractivity contribution in [2.75, 3.05) is 0 Å². The van der Waals surface area contributed by atoms with E-state index in [4.69, 9.17) is 5.26 Å². The third kappa shape index (κ3) is 5.48. The summed E-state index contributed by atoms with van der Waals surface area (Å²) in [6.07, 6.45) is 1.62. The fourth-order valence-electron chi connectivity index (χ4n) is 0.470. The minimum absolute atomic E-state index is 0.377. The van der Waals surface area contributed by atoms with Crippen molar-refractivity contribution in [1.29, 1.82) is 5.26 Å². The number of aromatic nitrogens is 2. The van der Waals surface area contributed by atoms with Crippen LogP contribution in [0.1, 0.15) is 39.2 Å². The molecule has 0 aliphatic rings. The van der Waals surface area contributed by atoms with Crippen LogP contribution in [0, 0.1) is 18.3 Å². The van der Waals surface area contributed by atoms with Crippen molar-refractivity contribution in [1.82, 2.24) is 9.97 Å². The molecule has 0 saturated heterocycles. The van der Waals surface area contributed by atoms with Crippen LogP contribution in [-0.4, -0.2) is 9.97 Å². The zero-order valence-corrected chi connectivity index (χ0v) is 8.47. The van der Waals surface area contributed by atoms with E-state index in [1.54, 1.807) is 6.20 Å². The number of imidazole rings is 1. The minimum Gasteiger partial charge on any atom is -0.334 e. The third-order valence-electron chi connectivity index (χ3n) is 0.809. The molecule has 3 nitrogen and oxygen atoms in total. The highest BCUT2D eigenvalue weighted by molar-refractivity contribution is 5.11. The van der Waals surface area contributed by atoms with E-state index in [2.05, 4.69) is 9.97 Å². The summed E-state index contributed by atoms with van der Waals surface area (Å²) in [5, 5.41) is 8.21. The predicted octanol–water partition coefficient (Wildman–Crippen LogP) is 2.64. The molecule has 0 saturated carbocycles. The van der Waals surface area contributed by atoms with E-state index < -0.39 is 0 Å². The predicted molar refractivity (Wildman–Crippen MR) is 50.7 cm³/mol. The van der Waals surface area contributed by atoms with Crippen molar-refractivity contribution in [2.45, 2.75) is 34.6 Å². The molecule has 0 atom stereocenters. The van der Waals surface area contributed by atoms with Crippen LogP contribution in [0.5, 0.6) is 0 Å². The number of nitriles is 1. The summed E-state index contributed by atoms with van der Waals surface area (Å²) in [6.45, 7) is 9.86. The zero-order valence-electron chi connectivity index (χ0n) is 8.47. The number of hydrogen-bond acceptors (Lipinski definition) is 2. The second-order valence-electron chi connectivity index (χ2n) is 1.53. The Morgan fingerprint density at radius 1 is 1.33 bits per heavy atom. The summed E-state index contributed by atoms with van der Waals surface area (Å²) in [6, 6.07) is 1.88. The fourth-order valence-corrected chi connectivity index (χ4v) is 0.470. The quantitative estimate of drug-likeness (QED) is 0.645. The Balaban J connectivity index is 0. The van der Waals surface area contributed by atoms with E-state index in [1.165, 1.54) is 0 Å². The molecule has 0 aliphatic carbocycles. The maximum Gasteiger partial charge on any atom is 0.210 e. The lowest BCUT2D eigenvalue weighted by Crippen LogP contribution is -1.73. The largest absolute Gasteiger partial charge is 0.334 e.